The Morgan fingerprint density at radius 2 is 1.50 bits per heavy atom. The fourth-order valence-corrected chi connectivity index (χ4v) is 3.44. The van der Waals surface area contributed by atoms with Gasteiger partial charge in [-0.05, 0) is 71.8 Å². The molecule has 22 heavy (non-hydrogen) atoms. The molecule has 2 aromatic carbocycles. The van der Waals surface area contributed by atoms with Gasteiger partial charge in [0.2, 0.25) is 0 Å². The fraction of sp³-hybridized carbons (Fsp3) is 0.316. The zero-order valence-corrected chi connectivity index (χ0v) is 14.9. The van der Waals surface area contributed by atoms with Crippen LogP contribution < -0.4 is 10.0 Å². The molecule has 0 radical (unpaired) electrons. The Kier molecular flexibility index (Phi) is 5.03. The van der Waals surface area contributed by atoms with E-state index in [4.69, 9.17) is 4.74 Å². The van der Waals surface area contributed by atoms with Crippen molar-refractivity contribution in [3.8, 4) is 5.75 Å². The van der Waals surface area contributed by atoms with Crippen molar-refractivity contribution in [3.05, 3.63) is 59.2 Å². The summed E-state index contributed by atoms with van der Waals surface area (Å²) in [6, 6.07) is 13.8. The Morgan fingerprint density at radius 3 is 2.00 bits per heavy atom. The minimum absolute atomic E-state index is 0.138. The van der Waals surface area contributed by atoms with Crippen molar-refractivity contribution in [2.75, 3.05) is 0 Å². The third-order valence-corrected chi connectivity index (χ3v) is 4.34. The van der Waals surface area contributed by atoms with Gasteiger partial charge in [0.15, 0.2) is 5.52 Å². The van der Waals surface area contributed by atoms with Crippen molar-refractivity contribution in [2.24, 2.45) is 0 Å². The molecule has 0 aliphatic carbocycles. The topological polar surface area (TPSA) is 26.3 Å². The average Bonchev–Trinajstić information content (AvgIpc) is 2.39. The number of hydrogen-bond donors (Lipinski definition) is 0. The van der Waals surface area contributed by atoms with Crippen LogP contribution in [0.15, 0.2) is 42.5 Å². The molecule has 1 atom stereocenters. The van der Waals surface area contributed by atoms with Crippen molar-refractivity contribution >= 4 is 19.4 Å². The Morgan fingerprint density at radius 1 is 0.955 bits per heavy atom. The third-order valence-electron chi connectivity index (χ3n) is 3.24. The SMILES string of the molecule is Cc1cccc(C)c1C(=O)Pc1ccc(OC(C)(C)C)cc1. The molecule has 0 N–H and O–H groups in total. The highest BCUT2D eigenvalue weighted by molar-refractivity contribution is 7.66. The Hall–Kier alpha value is -1.66. The van der Waals surface area contributed by atoms with Crippen LogP contribution in [0.4, 0.5) is 0 Å². The van der Waals surface area contributed by atoms with Gasteiger partial charge < -0.3 is 4.74 Å². The van der Waals surface area contributed by atoms with Crippen molar-refractivity contribution in [1.29, 1.82) is 0 Å². The minimum Gasteiger partial charge on any atom is -0.488 e. The Balaban J connectivity index is 2.12. The molecule has 0 saturated heterocycles. The summed E-state index contributed by atoms with van der Waals surface area (Å²) in [5.41, 5.74) is 2.93. The molecule has 0 amide bonds. The highest BCUT2D eigenvalue weighted by Gasteiger charge is 2.14. The van der Waals surface area contributed by atoms with E-state index in [1.807, 2.05) is 77.1 Å². The summed E-state index contributed by atoms with van der Waals surface area (Å²) in [6.07, 6.45) is 0. The number of hydrogen-bond acceptors (Lipinski definition) is 2. The summed E-state index contributed by atoms with van der Waals surface area (Å²) in [7, 11) is 0.138. The molecule has 116 valence electrons. The molecule has 2 aromatic rings. The maximum atomic E-state index is 12.6. The van der Waals surface area contributed by atoms with Crippen LogP contribution in [0.5, 0.6) is 5.75 Å². The van der Waals surface area contributed by atoms with Crippen LogP contribution >= 0.6 is 8.58 Å². The van der Waals surface area contributed by atoms with Crippen LogP contribution in [-0.2, 0) is 0 Å². The van der Waals surface area contributed by atoms with Crippen LogP contribution in [0, 0.1) is 13.8 Å². The van der Waals surface area contributed by atoms with E-state index < -0.39 is 0 Å². The van der Waals surface area contributed by atoms with Gasteiger partial charge in [0.1, 0.15) is 11.4 Å². The summed E-state index contributed by atoms with van der Waals surface area (Å²) < 4.78 is 5.80. The first-order chi connectivity index (χ1) is 10.3. The molecule has 0 aliphatic rings. The zero-order valence-electron chi connectivity index (χ0n) is 13.9. The first-order valence-electron chi connectivity index (χ1n) is 7.43. The fourth-order valence-electron chi connectivity index (χ4n) is 2.33. The highest BCUT2D eigenvalue weighted by Crippen LogP contribution is 2.25. The van der Waals surface area contributed by atoms with Gasteiger partial charge >= 0.3 is 0 Å². The van der Waals surface area contributed by atoms with E-state index in [1.165, 1.54) is 0 Å². The number of carbonyl (C=O) groups excluding carboxylic acids is 1. The van der Waals surface area contributed by atoms with Gasteiger partial charge in [-0.3, -0.25) is 4.79 Å². The predicted molar refractivity (Wildman–Crippen MR) is 95.0 cm³/mol. The number of aryl methyl sites for hydroxylation is 2. The maximum absolute atomic E-state index is 12.6. The van der Waals surface area contributed by atoms with Crippen molar-refractivity contribution < 1.29 is 9.53 Å². The third kappa shape index (κ3) is 4.42. The standard InChI is InChI=1S/C19H23O2P/c1-13-7-6-8-14(2)17(13)18(20)22-16-11-9-15(10-12-16)21-19(3,4)5/h6-12,22H,1-5H3. The minimum atomic E-state index is -0.210. The second-order valence-corrected chi connectivity index (χ2v) is 7.74. The molecule has 0 fully saturated rings. The molecule has 1 unspecified atom stereocenters. The lowest BCUT2D eigenvalue weighted by Crippen LogP contribution is -2.23. The summed E-state index contributed by atoms with van der Waals surface area (Å²) in [5, 5.41) is 1.04. The molecular weight excluding hydrogens is 291 g/mol. The second kappa shape index (κ2) is 6.62. The van der Waals surface area contributed by atoms with E-state index in [1.54, 1.807) is 0 Å². The molecule has 2 rings (SSSR count). The zero-order chi connectivity index (χ0) is 16.3. The number of benzene rings is 2. The lowest BCUT2D eigenvalue weighted by molar-refractivity contribution is 0.108. The van der Waals surface area contributed by atoms with Crippen LogP contribution in [0.2, 0.25) is 0 Å². The number of ether oxygens (including phenoxy) is 1. The Bertz CT molecular complexity index is 647. The van der Waals surface area contributed by atoms with Crippen LogP contribution in [0.3, 0.4) is 0 Å². The van der Waals surface area contributed by atoms with E-state index in [0.717, 1.165) is 27.7 Å². The van der Waals surface area contributed by atoms with Crippen molar-refractivity contribution in [3.63, 3.8) is 0 Å². The van der Waals surface area contributed by atoms with E-state index >= 15 is 0 Å². The molecule has 0 spiro atoms. The monoisotopic (exact) mass is 314 g/mol. The number of rotatable bonds is 4. The molecule has 0 bridgehead atoms. The first-order valence-corrected chi connectivity index (χ1v) is 8.43. The van der Waals surface area contributed by atoms with E-state index in [2.05, 4.69) is 0 Å². The van der Waals surface area contributed by atoms with E-state index in [-0.39, 0.29) is 19.7 Å². The summed E-state index contributed by atoms with van der Waals surface area (Å²) >= 11 is 0. The molecule has 0 aliphatic heterocycles. The largest absolute Gasteiger partial charge is 0.488 e. The lowest BCUT2D eigenvalue weighted by atomic mass is 10.0. The number of carbonyl (C=O) groups is 1. The van der Waals surface area contributed by atoms with Gasteiger partial charge in [0, 0.05) is 5.56 Å². The maximum Gasteiger partial charge on any atom is 0.186 e. The smallest absolute Gasteiger partial charge is 0.186 e. The molecule has 3 heteroatoms. The predicted octanol–water partition coefficient (Wildman–Crippen LogP) is 4.62. The summed E-state index contributed by atoms with van der Waals surface area (Å²) in [5.74, 6) is 0.834. The van der Waals surface area contributed by atoms with Crippen LogP contribution in [0.25, 0.3) is 0 Å². The Labute approximate surface area is 134 Å². The quantitative estimate of drug-likeness (QED) is 0.769. The molecular formula is C19H23O2P. The summed E-state index contributed by atoms with van der Waals surface area (Å²) in [6.45, 7) is 10.0. The second-order valence-electron chi connectivity index (χ2n) is 6.46. The van der Waals surface area contributed by atoms with Gasteiger partial charge in [0.25, 0.3) is 0 Å². The van der Waals surface area contributed by atoms with Gasteiger partial charge in [-0.15, -0.1) is 0 Å². The average molecular weight is 314 g/mol. The van der Waals surface area contributed by atoms with Gasteiger partial charge in [-0.25, -0.2) is 0 Å². The van der Waals surface area contributed by atoms with Crippen molar-refractivity contribution in [1.82, 2.24) is 0 Å². The lowest BCUT2D eigenvalue weighted by Gasteiger charge is -2.21. The molecule has 0 heterocycles. The highest BCUT2D eigenvalue weighted by atomic mass is 31.1. The molecule has 0 saturated carbocycles. The first kappa shape index (κ1) is 16.7. The molecule has 2 nitrogen and oxygen atoms in total. The van der Waals surface area contributed by atoms with Gasteiger partial charge in [-0.2, -0.15) is 0 Å². The van der Waals surface area contributed by atoms with Crippen LogP contribution in [-0.4, -0.2) is 11.1 Å². The van der Waals surface area contributed by atoms with E-state index in [9.17, 15) is 4.79 Å². The normalized spacial score (nSPS) is 11.9. The van der Waals surface area contributed by atoms with E-state index in [0.29, 0.717) is 0 Å². The molecule has 0 aromatic heterocycles. The summed E-state index contributed by atoms with van der Waals surface area (Å²) in [4.78, 5) is 12.6. The van der Waals surface area contributed by atoms with Crippen molar-refractivity contribution in [2.45, 2.75) is 40.2 Å². The van der Waals surface area contributed by atoms with Gasteiger partial charge in [-0.1, -0.05) is 30.3 Å². The van der Waals surface area contributed by atoms with Crippen LogP contribution in [0.1, 0.15) is 42.3 Å². The van der Waals surface area contributed by atoms with Gasteiger partial charge in [0.05, 0.1) is 0 Å².